The first kappa shape index (κ1) is 21.1. The molecule has 6 aromatic rings. The summed E-state index contributed by atoms with van der Waals surface area (Å²) in [5.41, 5.74) is 5.95. The number of fused-ring (bicyclic) bond motifs is 6. The molecule has 1 heteroatoms. The van der Waals surface area contributed by atoms with E-state index in [4.69, 9.17) is 5.41 Å². The zero-order chi connectivity index (χ0) is 23.8. The summed E-state index contributed by atoms with van der Waals surface area (Å²) in [7, 11) is 0. The van der Waals surface area contributed by atoms with Crippen LogP contribution in [0.25, 0.3) is 49.0 Å². The number of nitrogens with one attached hydrogen (secondary N) is 1. The Bertz CT molecular complexity index is 1720. The average Bonchev–Trinajstić information content (AvgIpc) is 2.93. The zero-order valence-electron chi connectivity index (χ0n) is 19.6. The Kier molecular flexibility index (Phi) is 5.24. The first-order chi connectivity index (χ1) is 17.2. The van der Waals surface area contributed by atoms with E-state index in [9.17, 15) is 0 Å². The minimum Gasteiger partial charge on any atom is -0.300 e. The van der Waals surface area contributed by atoms with Crippen LogP contribution in [-0.2, 0) is 0 Å². The number of hydrogen-bond acceptors (Lipinski definition) is 1. The van der Waals surface area contributed by atoms with E-state index in [2.05, 4.69) is 97.9 Å². The summed E-state index contributed by atoms with van der Waals surface area (Å²) < 4.78 is 0. The number of rotatable bonds is 4. The Balaban J connectivity index is 1.46. The summed E-state index contributed by atoms with van der Waals surface area (Å²) in [6, 6.07) is 42.7. The summed E-state index contributed by atoms with van der Waals surface area (Å²) in [5, 5.41) is 16.4. The average molecular weight is 448 g/mol. The predicted octanol–water partition coefficient (Wildman–Crippen LogP) is 9.28. The van der Waals surface area contributed by atoms with Crippen molar-refractivity contribution >= 4 is 43.6 Å². The van der Waals surface area contributed by atoms with Gasteiger partial charge in [0.1, 0.15) is 0 Å². The molecular weight excluding hydrogens is 422 g/mol. The van der Waals surface area contributed by atoms with Gasteiger partial charge in [0.15, 0.2) is 0 Å². The van der Waals surface area contributed by atoms with Gasteiger partial charge in [0.25, 0.3) is 0 Å². The molecule has 0 radical (unpaired) electrons. The van der Waals surface area contributed by atoms with Crippen LogP contribution in [0.1, 0.15) is 18.1 Å². The molecule has 0 aliphatic heterocycles. The predicted molar refractivity (Wildman–Crippen MR) is 151 cm³/mol. The fourth-order valence-corrected chi connectivity index (χ4v) is 5.04. The third-order valence-electron chi connectivity index (χ3n) is 6.84. The van der Waals surface area contributed by atoms with Crippen LogP contribution in [-0.4, -0.2) is 5.71 Å². The van der Waals surface area contributed by atoms with Crippen molar-refractivity contribution in [2.45, 2.75) is 6.92 Å². The minimum atomic E-state index is 0.519. The van der Waals surface area contributed by atoms with Gasteiger partial charge in [0.05, 0.1) is 5.71 Å². The molecule has 0 atom stereocenters. The van der Waals surface area contributed by atoms with Crippen LogP contribution >= 0.6 is 0 Å². The highest BCUT2D eigenvalue weighted by molar-refractivity contribution is 6.25. The third kappa shape index (κ3) is 3.82. The molecule has 6 aromatic carbocycles. The first-order valence-electron chi connectivity index (χ1n) is 12.0. The summed E-state index contributed by atoms with van der Waals surface area (Å²) in [6.07, 6.45) is 1.95. The summed E-state index contributed by atoms with van der Waals surface area (Å²) in [6.45, 7) is 2.06. The minimum absolute atomic E-state index is 0.519. The van der Waals surface area contributed by atoms with Gasteiger partial charge in [-0.25, -0.2) is 0 Å². The van der Waals surface area contributed by atoms with Gasteiger partial charge in [-0.05, 0) is 79.7 Å². The van der Waals surface area contributed by atoms with Gasteiger partial charge in [-0.2, -0.15) is 0 Å². The van der Waals surface area contributed by atoms with Crippen LogP contribution in [0.5, 0.6) is 0 Å². The van der Waals surface area contributed by atoms with E-state index < -0.39 is 0 Å². The second kappa shape index (κ2) is 8.70. The lowest BCUT2D eigenvalue weighted by Gasteiger charge is -2.12. The van der Waals surface area contributed by atoms with E-state index in [1.807, 2.05) is 36.4 Å². The molecule has 0 bridgehead atoms. The maximum Gasteiger partial charge on any atom is 0.0615 e. The molecule has 0 heterocycles. The van der Waals surface area contributed by atoms with E-state index in [0.717, 1.165) is 27.8 Å². The second-order valence-corrected chi connectivity index (χ2v) is 9.04. The Morgan fingerprint density at radius 1 is 0.486 bits per heavy atom. The molecule has 0 aliphatic rings. The van der Waals surface area contributed by atoms with Gasteiger partial charge in [-0.3, -0.25) is 0 Å². The largest absolute Gasteiger partial charge is 0.300 e. The van der Waals surface area contributed by atoms with Crippen LogP contribution in [0.4, 0.5) is 0 Å². The van der Waals surface area contributed by atoms with E-state index in [0.29, 0.717) is 5.71 Å². The van der Waals surface area contributed by atoms with Crippen LogP contribution in [0.3, 0.4) is 0 Å². The first-order valence-corrected chi connectivity index (χ1v) is 12.0. The lowest BCUT2D eigenvalue weighted by Crippen LogP contribution is -1.96. The lowest BCUT2D eigenvalue weighted by atomic mass is 9.91. The van der Waals surface area contributed by atoms with Gasteiger partial charge in [-0.1, -0.05) is 109 Å². The summed E-state index contributed by atoms with van der Waals surface area (Å²) >= 11 is 0. The van der Waals surface area contributed by atoms with Gasteiger partial charge >= 0.3 is 0 Å². The smallest absolute Gasteiger partial charge is 0.0615 e. The van der Waals surface area contributed by atoms with Crippen LogP contribution in [0.2, 0.25) is 0 Å². The van der Waals surface area contributed by atoms with Crippen molar-refractivity contribution in [3.63, 3.8) is 0 Å². The standard InChI is InChI=1S/C34H25N/c1-23(24-10-3-2-4-11-24)20-34(35)27-13-9-12-25(21-27)26-18-19-32-30-16-6-5-14-28(30)29-15-7-8-17-31(29)33(32)22-26/h2-22,35H,1H3/b23-20-,35-34?. The monoisotopic (exact) mass is 447 g/mol. The molecule has 35 heavy (non-hydrogen) atoms. The molecule has 0 saturated heterocycles. The van der Waals surface area contributed by atoms with Crippen molar-refractivity contribution in [3.8, 4) is 11.1 Å². The van der Waals surface area contributed by atoms with Gasteiger partial charge in [-0.15, -0.1) is 0 Å². The fourth-order valence-electron chi connectivity index (χ4n) is 5.04. The van der Waals surface area contributed by atoms with E-state index >= 15 is 0 Å². The Hall–Kier alpha value is -4.49. The second-order valence-electron chi connectivity index (χ2n) is 9.04. The van der Waals surface area contributed by atoms with Crippen molar-refractivity contribution in [1.82, 2.24) is 0 Å². The van der Waals surface area contributed by atoms with Crippen LogP contribution < -0.4 is 0 Å². The number of benzene rings is 6. The number of allylic oxidation sites excluding steroid dienone is 2. The zero-order valence-corrected chi connectivity index (χ0v) is 19.6. The molecule has 0 saturated carbocycles. The van der Waals surface area contributed by atoms with E-state index in [-0.39, 0.29) is 0 Å². The Morgan fingerprint density at radius 3 is 1.66 bits per heavy atom. The van der Waals surface area contributed by atoms with Crippen molar-refractivity contribution in [2.75, 3.05) is 0 Å². The van der Waals surface area contributed by atoms with Crippen LogP contribution in [0, 0.1) is 5.41 Å². The molecule has 166 valence electrons. The topological polar surface area (TPSA) is 23.9 Å². The lowest BCUT2D eigenvalue weighted by molar-refractivity contribution is 1.48. The van der Waals surface area contributed by atoms with Crippen LogP contribution in [0.15, 0.2) is 127 Å². The quantitative estimate of drug-likeness (QED) is 0.206. The van der Waals surface area contributed by atoms with Gasteiger partial charge in [0, 0.05) is 5.56 Å². The molecule has 6 rings (SSSR count). The Labute approximate surface area is 205 Å². The van der Waals surface area contributed by atoms with Crippen molar-refractivity contribution in [2.24, 2.45) is 0 Å². The molecule has 1 N–H and O–H groups in total. The maximum absolute atomic E-state index is 8.72. The normalized spacial score (nSPS) is 11.9. The molecule has 1 nitrogen and oxygen atoms in total. The highest BCUT2D eigenvalue weighted by Gasteiger charge is 2.10. The SMILES string of the molecule is C/C(=C/C(=N)c1cccc(-c2ccc3c4ccccc4c4ccccc4c3c2)c1)c1ccccc1. The molecule has 0 amide bonds. The summed E-state index contributed by atoms with van der Waals surface area (Å²) in [5.74, 6) is 0. The molecule has 0 fully saturated rings. The van der Waals surface area contributed by atoms with Gasteiger partial charge < -0.3 is 5.41 Å². The van der Waals surface area contributed by atoms with E-state index in [1.165, 1.54) is 32.3 Å². The molecule has 0 spiro atoms. The molecule has 0 aliphatic carbocycles. The molecular formula is C34H25N. The maximum atomic E-state index is 8.72. The highest BCUT2D eigenvalue weighted by Crippen LogP contribution is 2.37. The Morgan fingerprint density at radius 2 is 1.00 bits per heavy atom. The summed E-state index contributed by atoms with van der Waals surface area (Å²) in [4.78, 5) is 0. The fraction of sp³-hybridized carbons (Fsp3) is 0.0294. The van der Waals surface area contributed by atoms with E-state index in [1.54, 1.807) is 0 Å². The van der Waals surface area contributed by atoms with Gasteiger partial charge in [0.2, 0.25) is 0 Å². The molecule has 0 aromatic heterocycles. The highest BCUT2D eigenvalue weighted by atomic mass is 14.4. The molecule has 0 unspecified atom stereocenters. The number of hydrogen-bond donors (Lipinski definition) is 1. The van der Waals surface area contributed by atoms with Crippen molar-refractivity contribution < 1.29 is 0 Å². The third-order valence-corrected chi connectivity index (χ3v) is 6.84. The van der Waals surface area contributed by atoms with Crippen molar-refractivity contribution in [3.05, 3.63) is 139 Å². The van der Waals surface area contributed by atoms with Crippen molar-refractivity contribution in [1.29, 1.82) is 5.41 Å².